The molecule has 1 atom stereocenters. The second-order valence-corrected chi connectivity index (χ2v) is 12.0. The fourth-order valence-corrected chi connectivity index (χ4v) is 5.84. The minimum absolute atomic E-state index is 0.0518. The number of rotatable bonds is 11. The lowest BCUT2D eigenvalue weighted by molar-refractivity contribution is -0.139. The Morgan fingerprint density at radius 2 is 1.44 bits per heavy atom. The zero-order valence-corrected chi connectivity index (χ0v) is 24.8. The predicted octanol–water partition coefficient (Wildman–Crippen LogP) is 5.75. The molecule has 0 saturated carbocycles. The molecule has 10 heteroatoms. The van der Waals surface area contributed by atoms with Crippen molar-refractivity contribution < 1.29 is 18.0 Å². The number of sulfonamides is 1. The highest BCUT2D eigenvalue weighted by Crippen LogP contribution is 2.28. The summed E-state index contributed by atoms with van der Waals surface area (Å²) < 4.78 is 28.7. The fourth-order valence-electron chi connectivity index (χ4n) is 3.91. The van der Waals surface area contributed by atoms with Gasteiger partial charge in [0.05, 0.1) is 10.6 Å². The SMILES string of the molecule is CCCNC(=O)[C@H](C)N(Cc1c(Cl)cccc1Cl)C(=O)CN(c1ccc(C)cc1)S(=O)(=O)c1ccc(C)cc1. The van der Waals surface area contributed by atoms with E-state index >= 15 is 0 Å². The first-order valence-corrected chi connectivity index (χ1v) is 14.8. The van der Waals surface area contributed by atoms with Crippen molar-refractivity contribution in [3.63, 3.8) is 0 Å². The van der Waals surface area contributed by atoms with Crippen LogP contribution in [0.4, 0.5) is 5.69 Å². The van der Waals surface area contributed by atoms with Crippen molar-refractivity contribution in [2.24, 2.45) is 0 Å². The second-order valence-electron chi connectivity index (χ2n) is 9.35. The van der Waals surface area contributed by atoms with Gasteiger partial charge in [0.2, 0.25) is 11.8 Å². The second kappa shape index (κ2) is 13.3. The van der Waals surface area contributed by atoms with Crippen LogP contribution in [0.5, 0.6) is 0 Å². The van der Waals surface area contributed by atoms with Crippen LogP contribution in [0.2, 0.25) is 10.0 Å². The number of anilines is 1. The van der Waals surface area contributed by atoms with E-state index in [4.69, 9.17) is 23.2 Å². The van der Waals surface area contributed by atoms with Gasteiger partial charge >= 0.3 is 0 Å². The van der Waals surface area contributed by atoms with Gasteiger partial charge in [-0.15, -0.1) is 0 Å². The van der Waals surface area contributed by atoms with Crippen molar-refractivity contribution in [1.82, 2.24) is 10.2 Å². The van der Waals surface area contributed by atoms with Crippen LogP contribution in [-0.2, 0) is 26.2 Å². The predicted molar refractivity (Wildman–Crippen MR) is 157 cm³/mol. The Morgan fingerprint density at radius 3 is 1.97 bits per heavy atom. The topological polar surface area (TPSA) is 86.8 Å². The van der Waals surface area contributed by atoms with Crippen LogP contribution in [0.1, 0.15) is 37.0 Å². The molecule has 208 valence electrons. The molecule has 3 rings (SSSR count). The maximum absolute atomic E-state index is 13.9. The molecule has 0 bridgehead atoms. The molecular formula is C29H33Cl2N3O4S. The molecule has 0 unspecified atom stereocenters. The summed E-state index contributed by atoms with van der Waals surface area (Å²) >= 11 is 12.8. The lowest BCUT2D eigenvalue weighted by atomic mass is 10.1. The van der Waals surface area contributed by atoms with Crippen molar-refractivity contribution >= 4 is 50.7 Å². The Balaban J connectivity index is 2.05. The number of carbonyl (C=O) groups is 2. The van der Waals surface area contributed by atoms with Gasteiger partial charge in [0.1, 0.15) is 12.6 Å². The maximum atomic E-state index is 13.9. The monoisotopic (exact) mass is 589 g/mol. The van der Waals surface area contributed by atoms with E-state index in [1.165, 1.54) is 17.0 Å². The van der Waals surface area contributed by atoms with Crippen LogP contribution in [0, 0.1) is 13.8 Å². The Kier molecular flexibility index (Phi) is 10.4. The Bertz CT molecular complexity index is 1390. The minimum atomic E-state index is -4.13. The standard InChI is InChI=1S/C29H33Cl2N3O4S/c1-5-17-32-29(36)22(4)33(18-25-26(30)7-6-8-27(25)31)28(35)19-34(23-13-9-20(2)10-14-23)39(37,38)24-15-11-21(3)12-16-24/h6-16,22H,5,17-19H2,1-4H3,(H,32,36)/t22-/m0/s1. The van der Waals surface area contributed by atoms with Crippen LogP contribution in [0.25, 0.3) is 0 Å². The molecule has 0 aliphatic rings. The summed E-state index contributed by atoms with van der Waals surface area (Å²) in [5, 5.41) is 3.48. The van der Waals surface area contributed by atoms with E-state index in [1.807, 2.05) is 20.8 Å². The summed E-state index contributed by atoms with van der Waals surface area (Å²) in [5.74, 6) is -0.946. The van der Waals surface area contributed by atoms with Crippen molar-refractivity contribution in [3.05, 3.63) is 93.5 Å². The largest absolute Gasteiger partial charge is 0.354 e. The van der Waals surface area contributed by atoms with Gasteiger partial charge in [-0.25, -0.2) is 8.42 Å². The Hall–Kier alpha value is -3.07. The molecule has 0 aromatic heterocycles. The molecule has 0 saturated heterocycles. The number of hydrogen-bond acceptors (Lipinski definition) is 4. The number of halogens is 2. The first-order chi connectivity index (χ1) is 18.4. The molecule has 0 radical (unpaired) electrons. The zero-order chi connectivity index (χ0) is 28.7. The molecule has 39 heavy (non-hydrogen) atoms. The van der Waals surface area contributed by atoms with E-state index in [0.29, 0.717) is 27.8 Å². The quantitative estimate of drug-likeness (QED) is 0.308. The van der Waals surface area contributed by atoms with Crippen molar-refractivity contribution in [2.75, 3.05) is 17.4 Å². The van der Waals surface area contributed by atoms with Gasteiger partial charge in [-0.05, 0) is 63.6 Å². The number of nitrogens with zero attached hydrogens (tertiary/aromatic N) is 2. The summed E-state index contributed by atoms with van der Waals surface area (Å²) in [4.78, 5) is 28.2. The first-order valence-electron chi connectivity index (χ1n) is 12.6. The van der Waals surface area contributed by atoms with Crippen LogP contribution >= 0.6 is 23.2 Å². The molecule has 0 spiro atoms. The summed E-state index contributed by atoms with van der Waals surface area (Å²) in [7, 11) is -4.13. The van der Waals surface area contributed by atoms with Crippen molar-refractivity contribution in [3.8, 4) is 0 Å². The molecular weight excluding hydrogens is 557 g/mol. The number of benzene rings is 3. The van der Waals surface area contributed by atoms with E-state index in [9.17, 15) is 18.0 Å². The summed E-state index contributed by atoms with van der Waals surface area (Å²) in [5.41, 5.74) is 2.64. The van der Waals surface area contributed by atoms with E-state index in [0.717, 1.165) is 21.9 Å². The third-order valence-electron chi connectivity index (χ3n) is 6.32. The van der Waals surface area contributed by atoms with Crippen LogP contribution in [-0.4, -0.2) is 44.3 Å². The van der Waals surface area contributed by atoms with Gasteiger partial charge in [-0.3, -0.25) is 13.9 Å². The molecule has 3 aromatic carbocycles. The van der Waals surface area contributed by atoms with E-state index in [1.54, 1.807) is 61.5 Å². The summed E-state index contributed by atoms with van der Waals surface area (Å²) in [6.45, 7) is 7.09. The van der Waals surface area contributed by atoms with Crippen molar-refractivity contribution in [2.45, 2.75) is 51.6 Å². The third-order valence-corrected chi connectivity index (χ3v) is 8.81. The molecule has 1 N–H and O–H groups in total. The number of hydrogen-bond donors (Lipinski definition) is 1. The van der Waals surface area contributed by atoms with E-state index in [-0.39, 0.29) is 17.3 Å². The highest BCUT2D eigenvalue weighted by atomic mass is 35.5. The molecule has 0 aliphatic heterocycles. The van der Waals surface area contributed by atoms with Crippen LogP contribution in [0.15, 0.2) is 71.6 Å². The normalized spacial score (nSPS) is 12.1. The van der Waals surface area contributed by atoms with Crippen LogP contribution in [0.3, 0.4) is 0 Å². The van der Waals surface area contributed by atoms with Gasteiger partial charge < -0.3 is 10.2 Å². The van der Waals surface area contributed by atoms with Gasteiger partial charge in [0.25, 0.3) is 10.0 Å². The summed E-state index contributed by atoms with van der Waals surface area (Å²) in [6, 6.07) is 17.4. The molecule has 7 nitrogen and oxygen atoms in total. The third kappa shape index (κ3) is 7.53. The molecule has 3 aromatic rings. The number of amides is 2. The number of nitrogens with one attached hydrogen (secondary N) is 1. The maximum Gasteiger partial charge on any atom is 0.264 e. The highest BCUT2D eigenvalue weighted by molar-refractivity contribution is 7.92. The van der Waals surface area contributed by atoms with E-state index in [2.05, 4.69) is 5.32 Å². The Labute approximate surface area is 240 Å². The fraction of sp³-hybridized carbons (Fsp3) is 0.310. The van der Waals surface area contributed by atoms with Gasteiger partial charge in [0.15, 0.2) is 0 Å². The average Bonchev–Trinajstić information content (AvgIpc) is 2.90. The lowest BCUT2D eigenvalue weighted by Crippen LogP contribution is -2.51. The highest BCUT2D eigenvalue weighted by Gasteiger charge is 2.33. The zero-order valence-electron chi connectivity index (χ0n) is 22.4. The average molecular weight is 591 g/mol. The van der Waals surface area contributed by atoms with Crippen LogP contribution < -0.4 is 9.62 Å². The summed E-state index contributed by atoms with van der Waals surface area (Å²) in [6.07, 6.45) is 0.721. The first kappa shape index (κ1) is 30.5. The van der Waals surface area contributed by atoms with Gasteiger partial charge in [-0.2, -0.15) is 0 Å². The molecule has 0 fully saturated rings. The van der Waals surface area contributed by atoms with Gasteiger partial charge in [-0.1, -0.05) is 71.6 Å². The van der Waals surface area contributed by atoms with E-state index < -0.39 is 28.5 Å². The number of carbonyl (C=O) groups excluding carboxylic acids is 2. The molecule has 0 heterocycles. The van der Waals surface area contributed by atoms with Crippen molar-refractivity contribution in [1.29, 1.82) is 0 Å². The Morgan fingerprint density at radius 1 is 0.897 bits per heavy atom. The molecule has 2 amide bonds. The van der Waals surface area contributed by atoms with Gasteiger partial charge in [0, 0.05) is 28.7 Å². The smallest absolute Gasteiger partial charge is 0.264 e. The number of aryl methyl sites for hydroxylation is 2. The minimum Gasteiger partial charge on any atom is -0.354 e. The lowest BCUT2D eigenvalue weighted by Gasteiger charge is -2.32. The molecule has 0 aliphatic carbocycles.